The number of nitrogens with zero attached hydrogens (tertiary/aromatic N) is 2. The van der Waals surface area contributed by atoms with Crippen LogP contribution in [0.15, 0.2) is 47.9 Å². The van der Waals surface area contributed by atoms with E-state index >= 15 is 0 Å². The maximum Gasteiger partial charge on any atom is 0.261 e. The molecule has 94 valence electrons. The summed E-state index contributed by atoms with van der Waals surface area (Å²) in [6.45, 7) is -0.125. The van der Waals surface area contributed by atoms with Gasteiger partial charge in [0.1, 0.15) is 6.33 Å². The van der Waals surface area contributed by atoms with Crippen LogP contribution in [0.5, 0.6) is 0 Å². The van der Waals surface area contributed by atoms with Gasteiger partial charge in [-0.3, -0.25) is 4.72 Å². The molecule has 0 atom stereocenters. The van der Waals surface area contributed by atoms with Crippen LogP contribution in [0.4, 0.5) is 5.69 Å². The van der Waals surface area contributed by atoms with Gasteiger partial charge in [-0.15, -0.1) is 0 Å². The molecule has 0 aliphatic rings. The monoisotopic (exact) mass is 265 g/mol. The Labute approximate surface area is 104 Å². The Kier molecular flexibility index (Phi) is 3.54. The molecule has 0 saturated heterocycles. The molecule has 0 spiro atoms. The van der Waals surface area contributed by atoms with E-state index in [0.717, 1.165) is 0 Å². The van der Waals surface area contributed by atoms with Gasteiger partial charge in [-0.25, -0.2) is 18.4 Å². The van der Waals surface area contributed by atoms with Crippen molar-refractivity contribution in [1.29, 1.82) is 0 Å². The number of anilines is 1. The number of hydrogen-bond acceptors (Lipinski definition) is 5. The molecule has 0 aliphatic carbocycles. The number of benzene rings is 1. The molecule has 18 heavy (non-hydrogen) atoms. The van der Waals surface area contributed by atoms with E-state index in [1.54, 1.807) is 12.1 Å². The van der Waals surface area contributed by atoms with Crippen LogP contribution in [0, 0.1) is 0 Å². The van der Waals surface area contributed by atoms with Crippen LogP contribution < -0.4 is 4.72 Å². The van der Waals surface area contributed by atoms with Crippen LogP contribution in [0.2, 0.25) is 0 Å². The standard InChI is InChI=1S/C11H11N3O3S/c15-7-9-1-3-11(4-2-9)18(16,17)14-10-5-12-8-13-6-10/h1-6,8,14-15H,7H2. The maximum atomic E-state index is 12.0. The zero-order valence-electron chi connectivity index (χ0n) is 9.31. The third-order valence-electron chi connectivity index (χ3n) is 2.23. The van der Waals surface area contributed by atoms with Gasteiger partial charge in [0.25, 0.3) is 10.0 Å². The van der Waals surface area contributed by atoms with E-state index in [9.17, 15) is 8.42 Å². The summed E-state index contributed by atoms with van der Waals surface area (Å²) < 4.78 is 26.3. The van der Waals surface area contributed by atoms with Crippen molar-refractivity contribution in [3.05, 3.63) is 48.5 Å². The van der Waals surface area contributed by atoms with Crippen LogP contribution in [0.3, 0.4) is 0 Å². The molecule has 2 aromatic rings. The topological polar surface area (TPSA) is 92.2 Å². The lowest BCUT2D eigenvalue weighted by molar-refractivity contribution is 0.282. The molecule has 0 aliphatic heterocycles. The van der Waals surface area contributed by atoms with Crippen LogP contribution in [0.1, 0.15) is 5.56 Å². The number of rotatable bonds is 4. The summed E-state index contributed by atoms with van der Waals surface area (Å²) in [6.07, 6.45) is 4.05. The van der Waals surface area contributed by atoms with Crippen molar-refractivity contribution in [2.24, 2.45) is 0 Å². The smallest absolute Gasteiger partial charge is 0.261 e. The molecule has 1 heterocycles. The zero-order chi connectivity index (χ0) is 13.0. The lowest BCUT2D eigenvalue weighted by Gasteiger charge is -2.07. The van der Waals surface area contributed by atoms with Crippen molar-refractivity contribution in [2.45, 2.75) is 11.5 Å². The van der Waals surface area contributed by atoms with Crippen LogP contribution in [-0.2, 0) is 16.6 Å². The molecule has 0 radical (unpaired) electrons. The van der Waals surface area contributed by atoms with Gasteiger partial charge < -0.3 is 5.11 Å². The lowest BCUT2D eigenvalue weighted by Crippen LogP contribution is -2.13. The molecule has 0 saturated carbocycles. The summed E-state index contributed by atoms with van der Waals surface area (Å²) in [5.41, 5.74) is 0.945. The van der Waals surface area contributed by atoms with E-state index in [2.05, 4.69) is 14.7 Å². The Morgan fingerprint density at radius 3 is 2.28 bits per heavy atom. The van der Waals surface area contributed by atoms with Gasteiger partial charge >= 0.3 is 0 Å². The predicted octanol–water partition coefficient (Wildman–Crippen LogP) is 0.770. The first-order valence-corrected chi connectivity index (χ1v) is 6.58. The Bertz CT molecular complexity index is 612. The average Bonchev–Trinajstić information content (AvgIpc) is 2.39. The highest BCUT2D eigenvalue weighted by Crippen LogP contribution is 2.15. The van der Waals surface area contributed by atoms with Crippen LogP contribution >= 0.6 is 0 Å². The Balaban J connectivity index is 2.25. The van der Waals surface area contributed by atoms with E-state index < -0.39 is 10.0 Å². The SMILES string of the molecule is O=S(=O)(Nc1cncnc1)c1ccc(CO)cc1. The van der Waals surface area contributed by atoms with Gasteiger partial charge in [-0.2, -0.15) is 0 Å². The second-order valence-electron chi connectivity index (χ2n) is 3.53. The molecule has 1 aromatic carbocycles. The summed E-state index contributed by atoms with van der Waals surface area (Å²) in [5.74, 6) is 0. The van der Waals surface area contributed by atoms with Gasteiger partial charge in [0.05, 0.1) is 29.6 Å². The first-order chi connectivity index (χ1) is 8.62. The van der Waals surface area contributed by atoms with E-state index in [0.29, 0.717) is 11.3 Å². The van der Waals surface area contributed by atoms with E-state index in [1.165, 1.54) is 30.9 Å². The van der Waals surface area contributed by atoms with Crippen molar-refractivity contribution in [2.75, 3.05) is 4.72 Å². The second-order valence-corrected chi connectivity index (χ2v) is 5.22. The first kappa shape index (κ1) is 12.5. The highest BCUT2D eigenvalue weighted by atomic mass is 32.2. The second kappa shape index (κ2) is 5.11. The van der Waals surface area contributed by atoms with E-state index in [4.69, 9.17) is 5.11 Å². The highest BCUT2D eigenvalue weighted by Gasteiger charge is 2.13. The Morgan fingerprint density at radius 2 is 1.72 bits per heavy atom. The number of sulfonamides is 1. The summed E-state index contributed by atoms with van der Waals surface area (Å²) in [7, 11) is -3.65. The van der Waals surface area contributed by atoms with Crippen molar-refractivity contribution in [1.82, 2.24) is 9.97 Å². The fraction of sp³-hybridized carbons (Fsp3) is 0.0909. The van der Waals surface area contributed by atoms with Crippen molar-refractivity contribution < 1.29 is 13.5 Å². The van der Waals surface area contributed by atoms with Gasteiger partial charge in [0, 0.05) is 0 Å². The summed E-state index contributed by atoms with van der Waals surface area (Å²) in [6, 6.07) is 5.96. The third-order valence-corrected chi connectivity index (χ3v) is 3.63. The number of nitrogens with one attached hydrogen (secondary N) is 1. The Morgan fingerprint density at radius 1 is 1.11 bits per heavy atom. The van der Waals surface area contributed by atoms with Crippen LogP contribution in [-0.4, -0.2) is 23.5 Å². The third kappa shape index (κ3) is 2.82. The highest BCUT2D eigenvalue weighted by molar-refractivity contribution is 7.92. The van der Waals surface area contributed by atoms with Crippen molar-refractivity contribution >= 4 is 15.7 Å². The van der Waals surface area contributed by atoms with E-state index in [1.807, 2.05) is 0 Å². The average molecular weight is 265 g/mol. The van der Waals surface area contributed by atoms with Crippen molar-refractivity contribution in [3.8, 4) is 0 Å². The minimum Gasteiger partial charge on any atom is -0.392 e. The quantitative estimate of drug-likeness (QED) is 0.851. The van der Waals surface area contributed by atoms with Gasteiger partial charge in [0.15, 0.2) is 0 Å². The summed E-state index contributed by atoms with van der Waals surface area (Å²) in [5, 5.41) is 8.88. The van der Waals surface area contributed by atoms with Crippen molar-refractivity contribution in [3.63, 3.8) is 0 Å². The maximum absolute atomic E-state index is 12.0. The predicted molar refractivity (Wildman–Crippen MR) is 65.2 cm³/mol. The molecule has 0 unspecified atom stereocenters. The molecule has 6 nitrogen and oxygen atoms in total. The van der Waals surface area contributed by atoms with Gasteiger partial charge in [-0.1, -0.05) is 12.1 Å². The molecule has 2 rings (SSSR count). The molecular weight excluding hydrogens is 254 g/mol. The minimum absolute atomic E-state index is 0.114. The van der Waals surface area contributed by atoms with Gasteiger partial charge in [0.2, 0.25) is 0 Å². The summed E-state index contributed by atoms with van der Waals surface area (Å²) >= 11 is 0. The number of aliphatic hydroxyl groups excluding tert-OH is 1. The van der Waals surface area contributed by atoms with E-state index in [-0.39, 0.29) is 11.5 Å². The van der Waals surface area contributed by atoms with Gasteiger partial charge in [-0.05, 0) is 17.7 Å². The zero-order valence-corrected chi connectivity index (χ0v) is 10.1. The molecule has 0 bridgehead atoms. The molecule has 7 heteroatoms. The van der Waals surface area contributed by atoms with Crippen LogP contribution in [0.25, 0.3) is 0 Å². The molecule has 0 amide bonds. The molecule has 2 N–H and O–H groups in total. The molecule has 0 fully saturated rings. The fourth-order valence-electron chi connectivity index (χ4n) is 1.34. The molecular formula is C11H11N3O3S. The number of hydrogen-bond donors (Lipinski definition) is 2. The number of aliphatic hydroxyl groups is 1. The minimum atomic E-state index is -3.65. The summed E-state index contributed by atoms with van der Waals surface area (Å²) in [4.78, 5) is 7.55. The first-order valence-electron chi connectivity index (χ1n) is 5.09. The Hall–Kier alpha value is -1.99. The normalized spacial score (nSPS) is 11.2. The fourth-order valence-corrected chi connectivity index (χ4v) is 2.37. The number of aromatic nitrogens is 2. The molecule has 1 aromatic heterocycles. The lowest BCUT2D eigenvalue weighted by atomic mass is 10.2. The largest absolute Gasteiger partial charge is 0.392 e.